The smallest absolute Gasteiger partial charge is 0.240 e. The molecule has 1 aromatic rings. The molecule has 1 heterocycles. The van der Waals surface area contributed by atoms with E-state index in [1.54, 1.807) is 12.1 Å². The minimum atomic E-state index is -3.59. The molecule has 2 N–H and O–H groups in total. The molecule has 0 amide bonds. The van der Waals surface area contributed by atoms with Crippen LogP contribution >= 0.6 is 0 Å². The second kappa shape index (κ2) is 6.58. The molecule has 0 spiro atoms. The van der Waals surface area contributed by atoms with Gasteiger partial charge in [0.1, 0.15) is 6.61 Å². The maximum atomic E-state index is 12.3. The second-order valence-corrected chi connectivity index (χ2v) is 6.98. The molecule has 0 bridgehead atoms. The van der Waals surface area contributed by atoms with Crippen LogP contribution in [0.5, 0.6) is 0 Å². The van der Waals surface area contributed by atoms with E-state index in [-0.39, 0.29) is 18.0 Å². The number of aliphatic hydroxyl groups excluding tert-OH is 1. The first kappa shape index (κ1) is 16.0. The molecule has 1 fully saturated rings. The third-order valence-electron chi connectivity index (χ3n) is 3.39. The van der Waals surface area contributed by atoms with E-state index >= 15 is 0 Å². The van der Waals surface area contributed by atoms with Gasteiger partial charge in [-0.3, -0.25) is 0 Å². The molecule has 1 aliphatic heterocycles. The van der Waals surface area contributed by atoms with Gasteiger partial charge in [0.05, 0.1) is 10.5 Å². The summed E-state index contributed by atoms with van der Waals surface area (Å²) in [5, 5.41) is 8.67. The molecule has 6 heteroatoms. The van der Waals surface area contributed by atoms with Crippen molar-refractivity contribution in [3.8, 4) is 11.8 Å². The van der Waals surface area contributed by atoms with Crippen LogP contribution in [0, 0.1) is 11.8 Å². The van der Waals surface area contributed by atoms with Crippen LogP contribution in [-0.4, -0.2) is 38.9 Å². The van der Waals surface area contributed by atoms with Gasteiger partial charge in [-0.1, -0.05) is 17.9 Å². The third kappa shape index (κ3) is 4.29. The molecule has 1 aliphatic rings. The quantitative estimate of drug-likeness (QED) is 0.810. The van der Waals surface area contributed by atoms with E-state index in [0.29, 0.717) is 12.2 Å². The summed E-state index contributed by atoms with van der Waals surface area (Å²) in [5.41, 5.74) is 0.122. The summed E-state index contributed by atoms with van der Waals surface area (Å²) in [5.74, 6) is 5.19. The van der Waals surface area contributed by atoms with E-state index in [9.17, 15) is 8.42 Å². The van der Waals surface area contributed by atoms with Gasteiger partial charge < -0.3 is 9.84 Å². The number of benzene rings is 1. The topological polar surface area (TPSA) is 75.6 Å². The van der Waals surface area contributed by atoms with Gasteiger partial charge in [-0.25, -0.2) is 13.1 Å². The lowest BCUT2D eigenvalue weighted by Crippen LogP contribution is -2.40. The number of rotatable bonds is 4. The average molecular weight is 309 g/mol. The molecule has 0 saturated carbocycles. The highest BCUT2D eigenvalue weighted by Crippen LogP contribution is 2.24. The van der Waals surface area contributed by atoms with E-state index in [1.807, 2.05) is 6.92 Å². The SMILES string of the molecule is CC1(CNS(=O)(=O)c2cccc(C#CCO)c2)CCCO1. The van der Waals surface area contributed by atoms with Crippen molar-refractivity contribution in [1.82, 2.24) is 4.72 Å². The number of hydrogen-bond acceptors (Lipinski definition) is 4. The minimum absolute atomic E-state index is 0.161. The highest BCUT2D eigenvalue weighted by molar-refractivity contribution is 7.89. The van der Waals surface area contributed by atoms with Crippen LogP contribution in [0.2, 0.25) is 0 Å². The largest absolute Gasteiger partial charge is 0.384 e. The number of hydrogen-bond donors (Lipinski definition) is 2. The maximum Gasteiger partial charge on any atom is 0.240 e. The lowest BCUT2D eigenvalue weighted by atomic mass is 10.0. The maximum absolute atomic E-state index is 12.3. The number of sulfonamides is 1. The number of nitrogens with one attached hydrogen (secondary N) is 1. The average Bonchev–Trinajstić information content (AvgIpc) is 2.91. The van der Waals surface area contributed by atoms with Crippen molar-refractivity contribution >= 4 is 10.0 Å². The van der Waals surface area contributed by atoms with E-state index < -0.39 is 15.6 Å². The zero-order chi connectivity index (χ0) is 15.3. The van der Waals surface area contributed by atoms with E-state index in [0.717, 1.165) is 12.8 Å². The van der Waals surface area contributed by atoms with Crippen molar-refractivity contribution in [2.45, 2.75) is 30.3 Å². The second-order valence-electron chi connectivity index (χ2n) is 5.21. The summed E-state index contributed by atoms with van der Waals surface area (Å²) in [4.78, 5) is 0.161. The molecule has 5 nitrogen and oxygen atoms in total. The Morgan fingerprint density at radius 3 is 2.95 bits per heavy atom. The third-order valence-corrected chi connectivity index (χ3v) is 4.79. The van der Waals surface area contributed by atoms with Crippen molar-refractivity contribution in [2.75, 3.05) is 19.8 Å². The normalized spacial score (nSPS) is 21.8. The molecule has 0 aliphatic carbocycles. The monoisotopic (exact) mass is 309 g/mol. The molecule has 1 atom stereocenters. The van der Waals surface area contributed by atoms with Gasteiger partial charge in [0, 0.05) is 18.7 Å². The Morgan fingerprint density at radius 1 is 1.48 bits per heavy atom. The Bertz CT molecular complexity index is 652. The van der Waals surface area contributed by atoms with Gasteiger partial charge in [-0.05, 0) is 38.0 Å². The predicted molar refractivity (Wildman–Crippen MR) is 79.2 cm³/mol. The molecule has 1 aromatic carbocycles. The Labute approximate surface area is 125 Å². The molecule has 1 unspecified atom stereocenters. The molecule has 2 rings (SSSR count). The summed E-state index contributed by atoms with van der Waals surface area (Å²) < 4.78 is 32.7. The first-order valence-electron chi connectivity index (χ1n) is 6.79. The summed E-state index contributed by atoms with van der Waals surface area (Å²) in [6.45, 7) is 2.57. The van der Waals surface area contributed by atoms with Crippen LogP contribution in [-0.2, 0) is 14.8 Å². The minimum Gasteiger partial charge on any atom is -0.384 e. The van der Waals surface area contributed by atoms with Gasteiger partial charge in [0.15, 0.2) is 0 Å². The Morgan fingerprint density at radius 2 is 2.29 bits per heavy atom. The van der Waals surface area contributed by atoms with Gasteiger partial charge in [-0.15, -0.1) is 0 Å². The Hall–Kier alpha value is -1.39. The van der Waals surface area contributed by atoms with E-state index in [1.165, 1.54) is 12.1 Å². The summed E-state index contributed by atoms with van der Waals surface area (Å²) in [6, 6.07) is 6.33. The molecule has 0 aromatic heterocycles. The lowest BCUT2D eigenvalue weighted by molar-refractivity contribution is 0.0250. The molecule has 1 saturated heterocycles. The van der Waals surface area contributed by atoms with Crippen LogP contribution in [0.4, 0.5) is 0 Å². The first-order valence-corrected chi connectivity index (χ1v) is 8.27. The summed E-state index contributed by atoms with van der Waals surface area (Å²) in [6.07, 6.45) is 1.79. The highest BCUT2D eigenvalue weighted by atomic mass is 32.2. The van der Waals surface area contributed by atoms with Gasteiger partial charge in [0.25, 0.3) is 0 Å². The van der Waals surface area contributed by atoms with Crippen molar-refractivity contribution in [2.24, 2.45) is 0 Å². The predicted octanol–water partition coefficient (Wildman–Crippen LogP) is 0.878. The van der Waals surface area contributed by atoms with Crippen molar-refractivity contribution in [3.63, 3.8) is 0 Å². The van der Waals surface area contributed by atoms with E-state index in [4.69, 9.17) is 9.84 Å². The number of ether oxygens (including phenoxy) is 1. The van der Waals surface area contributed by atoms with Crippen molar-refractivity contribution in [3.05, 3.63) is 29.8 Å². The molecule has 114 valence electrons. The summed E-state index contributed by atoms with van der Waals surface area (Å²) in [7, 11) is -3.59. The summed E-state index contributed by atoms with van der Waals surface area (Å²) >= 11 is 0. The van der Waals surface area contributed by atoms with Crippen molar-refractivity contribution in [1.29, 1.82) is 0 Å². The van der Waals surface area contributed by atoms with Crippen LogP contribution in [0.1, 0.15) is 25.3 Å². The van der Waals surface area contributed by atoms with Crippen molar-refractivity contribution < 1.29 is 18.3 Å². The standard InChI is InChI=1S/C15H19NO4S/c1-15(8-4-10-20-15)12-16-21(18,19)14-7-2-5-13(11-14)6-3-9-17/h2,5,7,11,16-17H,4,8-10,12H2,1H3. The molecular weight excluding hydrogens is 290 g/mol. The zero-order valence-corrected chi connectivity index (χ0v) is 12.7. The van der Waals surface area contributed by atoms with Crippen LogP contribution in [0.15, 0.2) is 29.2 Å². The lowest BCUT2D eigenvalue weighted by Gasteiger charge is -2.23. The Kier molecular flexibility index (Phi) is 5.01. The van der Waals surface area contributed by atoms with E-state index in [2.05, 4.69) is 16.6 Å². The fraction of sp³-hybridized carbons (Fsp3) is 0.467. The van der Waals surface area contributed by atoms with Crippen LogP contribution < -0.4 is 4.72 Å². The van der Waals surface area contributed by atoms with Gasteiger partial charge in [-0.2, -0.15) is 0 Å². The molecule has 21 heavy (non-hydrogen) atoms. The van der Waals surface area contributed by atoms with Crippen LogP contribution in [0.25, 0.3) is 0 Å². The zero-order valence-electron chi connectivity index (χ0n) is 11.9. The highest BCUT2D eigenvalue weighted by Gasteiger charge is 2.31. The van der Waals surface area contributed by atoms with Gasteiger partial charge >= 0.3 is 0 Å². The van der Waals surface area contributed by atoms with Crippen LogP contribution in [0.3, 0.4) is 0 Å². The molecule has 0 radical (unpaired) electrons. The van der Waals surface area contributed by atoms with Gasteiger partial charge in [0.2, 0.25) is 10.0 Å². The Balaban J connectivity index is 2.12. The number of aliphatic hydroxyl groups is 1. The first-order chi connectivity index (χ1) is 9.95. The fourth-order valence-electron chi connectivity index (χ4n) is 2.19. The molecular formula is C15H19NO4S. The fourth-order valence-corrected chi connectivity index (χ4v) is 3.39.